The highest BCUT2D eigenvalue weighted by atomic mass is 35.5. The Hall–Kier alpha value is -1.75. The number of hydrogen-bond donors (Lipinski definition) is 5. The van der Waals surface area contributed by atoms with Gasteiger partial charge in [0.05, 0.1) is 10.7 Å². The summed E-state index contributed by atoms with van der Waals surface area (Å²) >= 11 is 6.04. The summed E-state index contributed by atoms with van der Waals surface area (Å²) in [6, 6.07) is 3.76. The molecule has 1 rings (SSSR count). The molecular formula is C10H14ClN5. The first-order valence-electron chi connectivity index (χ1n) is 4.63. The molecule has 0 amide bonds. The highest BCUT2D eigenvalue weighted by Gasteiger charge is 2.07. The Morgan fingerprint density at radius 3 is 2.44 bits per heavy atom. The molecule has 0 aliphatic rings. The lowest BCUT2D eigenvalue weighted by atomic mass is 10.1. The molecule has 0 bridgehead atoms. The van der Waals surface area contributed by atoms with Gasteiger partial charge in [-0.15, -0.1) is 0 Å². The van der Waals surface area contributed by atoms with Crippen LogP contribution in [0.25, 0.3) is 0 Å². The Kier molecular flexibility index (Phi) is 3.73. The Labute approximate surface area is 99.0 Å². The van der Waals surface area contributed by atoms with E-state index in [1.165, 1.54) is 0 Å². The van der Waals surface area contributed by atoms with Crippen molar-refractivity contribution in [3.8, 4) is 0 Å². The number of nitrogens with one attached hydrogen (secondary N) is 4. The van der Waals surface area contributed by atoms with Crippen LogP contribution in [-0.4, -0.2) is 11.9 Å². The number of rotatable bonds is 1. The van der Waals surface area contributed by atoms with Crippen molar-refractivity contribution in [1.82, 2.24) is 5.32 Å². The summed E-state index contributed by atoms with van der Waals surface area (Å²) in [4.78, 5) is 0. The second-order valence-electron chi connectivity index (χ2n) is 3.48. The number of benzene rings is 1. The zero-order valence-corrected chi connectivity index (χ0v) is 9.87. The Bertz CT molecular complexity index is 418. The molecule has 0 fully saturated rings. The molecule has 0 spiro atoms. The van der Waals surface area contributed by atoms with E-state index in [1.54, 1.807) is 6.07 Å². The first-order valence-corrected chi connectivity index (χ1v) is 5.01. The van der Waals surface area contributed by atoms with Gasteiger partial charge >= 0.3 is 0 Å². The van der Waals surface area contributed by atoms with Crippen molar-refractivity contribution in [3.05, 3.63) is 28.3 Å². The molecule has 0 saturated carbocycles. The molecule has 5 nitrogen and oxygen atoms in total. The van der Waals surface area contributed by atoms with E-state index in [0.717, 1.165) is 11.1 Å². The van der Waals surface area contributed by atoms with E-state index in [-0.39, 0.29) is 11.9 Å². The fraction of sp³-hybridized carbons (Fsp3) is 0.200. The van der Waals surface area contributed by atoms with Gasteiger partial charge in [0.2, 0.25) is 0 Å². The average Bonchev–Trinajstić information content (AvgIpc) is 2.09. The van der Waals surface area contributed by atoms with E-state index in [9.17, 15) is 0 Å². The maximum atomic E-state index is 7.50. The minimum atomic E-state index is -0.293. The van der Waals surface area contributed by atoms with E-state index in [1.807, 2.05) is 19.9 Å². The fourth-order valence-corrected chi connectivity index (χ4v) is 1.73. The molecule has 0 saturated heterocycles. The molecule has 86 valence electrons. The SMILES string of the molecule is Cc1cc(C)c(NC(=N)NC(=N)N)c(Cl)c1. The number of anilines is 1. The molecule has 6 N–H and O–H groups in total. The first-order chi connectivity index (χ1) is 7.40. The van der Waals surface area contributed by atoms with Gasteiger partial charge in [0.25, 0.3) is 0 Å². The highest BCUT2D eigenvalue weighted by molar-refractivity contribution is 6.34. The van der Waals surface area contributed by atoms with Gasteiger partial charge in [0, 0.05) is 0 Å². The van der Waals surface area contributed by atoms with Crippen LogP contribution in [-0.2, 0) is 0 Å². The van der Waals surface area contributed by atoms with Crippen molar-refractivity contribution in [2.24, 2.45) is 5.73 Å². The van der Waals surface area contributed by atoms with E-state index in [4.69, 9.17) is 28.2 Å². The van der Waals surface area contributed by atoms with Crippen LogP contribution in [0.1, 0.15) is 11.1 Å². The maximum Gasteiger partial charge on any atom is 0.199 e. The Morgan fingerprint density at radius 1 is 1.31 bits per heavy atom. The quantitative estimate of drug-likeness (QED) is 0.382. The average molecular weight is 240 g/mol. The third kappa shape index (κ3) is 3.13. The second-order valence-corrected chi connectivity index (χ2v) is 3.88. The predicted molar refractivity (Wildman–Crippen MR) is 67.3 cm³/mol. The molecule has 0 unspecified atom stereocenters. The number of hydrogen-bond acceptors (Lipinski definition) is 2. The molecule has 0 atom stereocenters. The maximum absolute atomic E-state index is 7.50. The number of halogens is 1. The molecule has 16 heavy (non-hydrogen) atoms. The monoisotopic (exact) mass is 239 g/mol. The van der Waals surface area contributed by atoms with Gasteiger partial charge in [-0.3, -0.25) is 16.1 Å². The van der Waals surface area contributed by atoms with Gasteiger partial charge in [0.1, 0.15) is 0 Å². The van der Waals surface area contributed by atoms with Crippen molar-refractivity contribution >= 4 is 29.2 Å². The summed E-state index contributed by atoms with van der Waals surface area (Å²) in [5.41, 5.74) is 7.74. The van der Waals surface area contributed by atoms with E-state index < -0.39 is 0 Å². The summed E-state index contributed by atoms with van der Waals surface area (Å²) in [6.07, 6.45) is 0. The van der Waals surface area contributed by atoms with Crippen LogP contribution in [0.15, 0.2) is 12.1 Å². The van der Waals surface area contributed by atoms with Gasteiger partial charge in [-0.2, -0.15) is 0 Å². The van der Waals surface area contributed by atoms with Gasteiger partial charge in [0.15, 0.2) is 11.9 Å². The van der Waals surface area contributed by atoms with Crippen LogP contribution in [0.2, 0.25) is 5.02 Å². The van der Waals surface area contributed by atoms with Crippen molar-refractivity contribution in [3.63, 3.8) is 0 Å². The van der Waals surface area contributed by atoms with Gasteiger partial charge in [-0.25, -0.2) is 0 Å². The number of aryl methyl sites for hydroxylation is 2. The number of guanidine groups is 2. The summed E-state index contributed by atoms with van der Waals surface area (Å²) in [5, 5.41) is 20.1. The van der Waals surface area contributed by atoms with Gasteiger partial charge in [-0.05, 0) is 31.0 Å². The fourth-order valence-electron chi connectivity index (χ4n) is 1.36. The van der Waals surface area contributed by atoms with Crippen LogP contribution in [0.5, 0.6) is 0 Å². The van der Waals surface area contributed by atoms with Crippen molar-refractivity contribution in [2.75, 3.05) is 5.32 Å². The minimum absolute atomic E-state index is 0.0821. The molecule has 1 aromatic carbocycles. The van der Waals surface area contributed by atoms with Crippen molar-refractivity contribution in [2.45, 2.75) is 13.8 Å². The predicted octanol–water partition coefficient (Wildman–Crippen LogP) is 1.79. The van der Waals surface area contributed by atoms with Crippen LogP contribution >= 0.6 is 11.6 Å². The zero-order valence-electron chi connectivity index (χ0n) is 9.11. The largest absolute Gasteiger partial charge is 0.370 e. The molecule has 0 aromatic heterocycles. The van der Waals surface area contributed by atoms with Crippen LogP contribution in [0.4, 0.5) is 5.69 Å². The Balaban J connectivity index is 2.89. The standard InChI is InChI=1S/C10H14ClN5/c1-5-3-6(2)8(7(11)4-5)15-10(14)16-9(12)13/h3-4H,1-2H3,(H6,12,13,14,15,16). The van der Waals surface area contributed by atoms with Crippen molar-refractivity contribution in [1.29, 1.82) is 10.8 Å². The summed E-state index contributed by atoms with van der Waals surface area (Å²) in [7, 11) is 0. The normalized spacial score (nSPS) is 9.69. The molecule has 0 aliphatic heterocycles. The molecule has 6 heteroatoms. The molecule has 0 heterocycles. The van der Waals surface area contributed by atoms with E-state index in [0.29, 0.717) is 10.7 Å². The Morgan fingerprint density at radius 2 is 1.94 bits per heavy atom. The van der Waals surface area contributed by atoms with Crippen LogP contribution < -0.4 is 16.4 Å². The molecular weight excluding hydrogens is 226 g/mol. The van der Waals surface area contributed by atoms with E-state index in [2.05, 4.69) is 10.6 Å². The highest BCUT2D eigenvalue weighted by Crippen LogP contribution is 2.26. The molecule has 1 aromatic rings. The lowest BCUT2D eigenvalue weighted by molar-refractivity contribution is 1.20. The third-order valence-corrected chi connectivity index (χ3v) is 2.24. The smallest absolute Gasteiger partial charge is 0.199 e. The summed E-state index contributed by atoms with van der Waals surface area (Å²) < 4.78 is 0. The van der Waals surface area contributed by atoms with E-state index >= 15 is 0 Å². The van der Waals surface area contributed by atoms with Crippen molar-refractivity contribution < 1.29 is 0 Å². The van der Waals surface area contributed by atoms with Crippen LogP contribution in [0.3, 0.4) is 0 Å². The zero-order chi connectivity index (χ0) is 12.3. The lowest BCUT2D eigenvalue weighted by Crippen LogP contribution is -2.39. The van der Waals surface area contributed by atoms with Crippen LogP contribution in [0, 0.1) is 24.7 Å². The topological polar surface area (TPSA) is 97.8 Å². The molecule has 0 radical (unpaired) electrons. The lowest BCUT2D eigenvalue weighted by Gasteiger charge is -2.13. The summed E-state index contributed by atoms with van der Waals surface area (Å²) in [6.45, 7) is 3.84. The van der Waals surface area contributed by atoms with Gasteiger partial charge in [-0.1, -0.05) is 17.7 Å². The summed E-state index contributed by atoms with van der Waals surface area (Å²) in [5.74, 6) is -0.375. The number of nitrogens with two attached hydrogens (primary N) is 1. The van der Waals surface area contributed by atoms with Gasteiger partial charge < -0.3 is 11.1 Å². The second kappa shape index (κ2) is 4.85. The molecule has 0 aliphatic carbocycles. The minimum Gasteiger partial charge on any atom is -0.370 e. The third-order valence-electron chi connectivity index (χ3n) is 1.94. The first kappa shape index (κ1) is 12.3.